The van der Waals surface area contributed by atoms with Crippen molar-refractivity contribution in [3.63, 3.8) is 0 Å². The molecular weight excluding hydrogens is 354 g/mol. The number of rotatable bonds is 7. The second-order valence-corrected chi connectivity index (χ2v) is 6.51. The molecule has 1 heterocycles. The Bertz CT molecular complexity index is 1010. The van der Waals surface area contributed by atoms with Crippen molar-refractivity contribution < 1.29 is 14.3 Å². The van der Waals surface area contributed by atoms with E-state index in [4.69, 9.17) is 4.74 Å². The second kappa shape index (κ2) is 8.90. The highest BCUT2D eigenvalue weighted by Gasteiger charge is 2.11. The Morgan fingerprint density at radius 1 is 1.11 bits per heavy atom. The molecule has 2 aromatic carbocycles. The van der Waals surface area contributed by atoms with Crippen LogP contribution in [-0.4, -0.2) is 33.4 Å². The minimum atomic E-state index is -0.601. The monoisotopic (exact) mass is 375 g/mol. The van der Waals surface area contributed by atoms with Crippen LogP contribution in [-0.2, 0) is 16.1 Å². The number of benzene rings is 2. The smallest absolute Gasteiger partial charge is 0.331 e. The van der Waals surface area contributed by atoms with E-state index in [9.17, 15) is 9.59 Å². The first-order valence-corrected chi connectivity index (χ1v) is 8.90. The molecule has 0 N–H and O–H groups in total. The zero-order chi connectivity index (χ0) is 19.9. The first-order chi connectivity index (χ1) is 13.5. The number of hydrogen-bond acceptors (Lipinski definition) is 5. The molecule has 0 fully saturated rings. The number of esters is 1. The van der Waals surface area contributed by atoms with E-state index in [1.165, 1.54) is 12.2 Å². The molecule has 0 atom stereocenters. The van der Waals surface area contributed by atoms with Crippen LogP contribution in [0.25, 0.3) is 6.08 Å². The Hall–Kier alpha value is -3.54. The number of aryl methyl sites for hydroxylation is 2. The Morgan fingerprint density at radius 3 is 2.68 bits per heavy atom. The van der Waals surface area contributed by atoms with Crippen LogP contribution in [0.4, 0.5) is 0 Å². The van der Waals surface area contributed by atoms with Crippen molar-refractivity contribution in [2.45, 2.75) is 20.4 Å². The van der Waals surface area contributed by atoms with Gasteiger partial charge in [0.15, 0.2) is 6.61 Å². The van der Waals surface area contributed by atoms with Gasteiger partial charge in [0.25, 0.3) is 0 Å². The van der Waals surface area contributed by atoms with E-state index >= 15 is 0 Å². The normalized spacial score (nSPS) is 10.9. The molecule has 0 amide bonds. The average molecular weight is 375 g/mol. The molecule has 0 saturated carbocycles. The predicted octanol–water partition coefficient (Wildman–Crippen LogP) is 3.38. The van der Waals surface area contributed by atoms with Gasteiger partial charge in [-0.25, -0.2) is 9.48 Å². The molecule has 0 saturated heterocycles. The lowest BCUT2D eigenvalue weighted by Gasteiger charge is -2.06. The average Bonchev–Trinajstić information content (AvgIpc) is 3.14. The Kier molecular flexibility index (Phi) is 6.11. The molecule has 3 rings (SSSR count). The van der Waals surface area contributed by atoms with Gasteiger partial charge in [0.2, 0.25) is 5.78 Å². The van der Waals surface area contributed by atoms with Crippen molar-refractivity contribution in [3.05, 3.63) is 88.8 Å². The third-order valence-electron chi connectivity index (χ3n) is 4.17. The number of ketones is 1. The van der Waals surface area contributed by atoms with Crippen molar-refractivity contribution >= 4 is 17.8 Å². The summed E-state index contributed by atoms with van der Waals surface area (Å²) in [5.74, 6) is -0.826. The maximum Gasteiger partial charge on any atom is 0.331 e. The van der Waals surface area contributed by atoms with Gasteiger partial charge in [-0.2, -0.15) is 0 Å². The summed E-state index contributed by atoms with van der Waals surface area (Å²) < 4.78 is 6.73. The topological polar surface area (TPSA) is 74.1 Å². The molecule has 0 aliphatic rings. The number of Topliss-reactive ketones (excluding diaryl/α,β-unsaturated/α-hetero) is 1. The number of ether oxygens (including phenoxy) is 1. The fourth-order valence-corrected chi connectivity index (χ4v) is 2.69. The fraction of sp³-hybridized carbons (Fsp3) is 0.182. The molecule has 6 heteroatoms. The van der Waals surface area contributed by atoms with Crippen molar-refractivity contribution in [2.24, 2.45) is 0 Å². The molecule has 28 heavy (non-hydrogen) atoms. The number of carbonyl (C=O) groups excluding carboxylic acids is 2. The van der Waals surface area contributed by atoms with E-state index in [0.29, 0.717) is 17.8 Å². The highest BCUT2D eigenvalue weighted by Crippen LogP contribution is 2.11. The predicted molar refractivity (Wildman–Crippen MR) is 106 cm³/mol. The zero-order valence-electron chi connectivity index (χ0n) is 15.8. The van der Waals surface area contributed by atoms with Gasteiger partial charge >= 0.3 is 5.97 Å². The zero-order valence-corrected chi connectivity index (χ0v) is 15.8. The van der Waals surface area contributed by atoms with E-state index in [1.54, 1.807) is 16.9 Å². The quantitative estimate of drug-likeness (QED) is 0.360. The van der Waals surface area contributed by atoms with Crippen LogP contribution >= 0.6 is 0 Å². The Labute approximate surface area is 163 Å². The summed E-state index contributed by atoms with van der Waals surface area (Å²) in [4.78, 5) is 24.1. The van der Waals surface area contributed by atoms with Crippen LogP contribution in [0, 0.1) is 13.8 Å². The highest BCUT2D eigenvalue weighted by molar-refractivity contribution is 6.00. The molecule has 1 aromatic heterocycles. The third kappa shape index (κ3) is 5.23. The van der Waals surface area contributed by atoms with E-state index < -0.39 is 5.97 Å². The molecular formula is C22H21N3O3. The summed E-state index contributed by atoms with van der Waals surface area (Å²) in [6.07, 6.45) is 4.49. The first-order valence-electron chi connectivity index (χ1n) is 8.90. The maximum atomic E-state index is 12.2. The van der Waals surface area contributed by atoms with Crippen LogP contribution < -0.4 is 0 Å². The van der Waals surface area contributed by atoms with Crippen LogP contribution in [0.15, 0.2) is 60.8 Å². The molecule has 0 bridgehead atoms. The van der Waals surface area contributed by atoms with Crippen molar-refractivity contribution in [1.29, 1.82) is 0 Å². The summed E-state index contributed by atoms with van der Waals surface area (Å²) in [6.45, 7) is 4.06. The van der Waals surface area contributed by atoms with E-state index in [0.717, 1.165) is 16.7 Å². The first kappa shape index (κ1) is 19.2. The van der Waals surface area contributed by atoms with Crippen molar-refractivity contribution in [1.82, 2.24) is 15.0 Å². The molecule has 6 nitrogen and oxygen atoms in total. The number of nitrogens with zero attached hydrogens (tertiary/aromatic N) is 3. The van der Waals surface area contributed by atoms with Gasteiger partial charge < -0.3 is 4.74 Å². The molecule has 0 aliphatic carbocycles. The van der Waals surface area contributed by atoms with Crippen molar-refractivity contribution in [3.8, 4) is 0 Å². The lowest BCUT2D eigenvalue weighted by Crippen LogP contribution is -2.13. The molecule has 0 spiro atoms. The van der Waals surface area contributed by atoms with Gasteiger partial charge in [-0.3, -0.25) is 4.79 Å². The lowest BCUT2D eigenvalue weighted by atomic mass is 10.0. The van der Waals surface area contributed by atoms with Gasteiger partial charge in [-0.05, 0) is 37.1 Å². The summed E-state index contributed by atoms with van der Waals surface area (Å²) in [6, 6.07) is 15.5. The molecule has 0 aliphatic heterocycles. The van der Waals surface area contributed by atoms with E-state index in [-0.39, 0.29) is 12.4 Å². The summed E-state index contributed by atoms with van der Waals surface area (Å²) in [5, 5.41) is 8.03. The largest absolute Gasteiger partial charge is 0.454 e. The summed E-state index contributed by atoms with van der Waals surface area (Å²) in [7, 11) is 0. The standard InChI is InChI=1S/C22H21N3O3/c1-16-8-9-17(2)20(12-16)21(26)15-28-22(27)11-10-19-14-25(24-23-19)13-18-6-4-3-5-7-18/h3-12,14H,13,15H2,1-2H3/b11-10+. The highest BCUT2D eigenvalue weighted by atomic mass is 16.5. The van der Waals surface area contributed by atoms with E-state index in [2.05, 4.69) is 10.3 Å². The van der Waals surface area contributed by atoms with Crippen LogP contribution in [0.1, 0.15) is 32.7 Å². The second-order valence-electron chi connectivity index (χ2n) is 6.51. The summed E-state index contributed by atoms with van der Waals surface area (Å²) >= 11 is 0. The summed E-state index contributed by atoms with van der Waals surface area (Å²) in [5.41, 5.74) is 4.05. The SMILES string of the molecule is Cc1ccc(C)c(C(=O)COC(=O)/C=C/c2cn(Cc3ccccc3)nn2)c1. The number of carbonyl (C=O) groups is 2. The van der Waals surface area contributed by atoms with Crippen LogP contribution in [0.5, 0.6) is 0 Å². The molecule has 0 radical (unpaired) electrons. The Balaban J connectivity index is 1.53. The van der Waals surface area contributed by atoms with Gasteiger partial charge in [-0.1, -0.05) is 53.2 Å². The van der Waals surface area contributed by atoms with Gasteiger partial charge in [0, 0.05) is 11.6 Å². The maximum absolute atomic E-state index is 12.2. The van der Waals surface area contributed by atoms with Gasteiger partial charge in [0.05, 0.1) is 12.7 Å². The fourth-order valence-electron chi connectivity index (χ4n) is 2.69. The van der Waals surface area contributed by atoms with Gasteiger partial charge in [-0.15, -0.1) is 5.10 Å². The van der Waals surface area contributed by atoms with E-state index in [1.807, 2.05) is 56.3 Å². The lowest BCUT2D eigenvalue weighted by molar-refractivity contribution is -0.136. The minimum Gasteiger partial charge on any atom is -0.454 e. The van der Waals surface area contributed by atoms with Crippen molar-refractivity contribution in [2.75, 3.05) is 6.61 Å². The number of hydrogen-bond donors (Lipinski definition) is 0. The molecule has 0 unspecified atom stereocenters. The minimum absolute atomic E-state index is 0.225. The van der Waals surface area contributed by atoms with Gasteiger partial charge in [0.1, 0.15) is 5.69 Å². The Morgan fingerprint density at radius 2 is 1.89 bits per heavy atom. The van der Waals surface area contributed by atoms with Crippen LogP contribution in [0.2, 0.25) is 0 Å². The van der Waals surface area contributed by atoms with Crippen LogP contribution in [0.3, 0.4) is 0 Å². The number of aromatic nitrogens is 3. The third-order valence-corrected chi connectivity index (χ3v) is 4.17. The molecule has 3 aromatic rings. The molecule has 142 valence electrons.